The molecule has 0 radical (unpaired) electrons. The van der Waals surface area contributed by atoms with Crippen LogP contribution >= 0.6 is 0 Å². The van der Waals surface area contributed by atoms with Gasteiger partial charge in [-0.3, -0.25) is 0 Å². The van der Waals surface area contributed by atoms with Crippen LogP contribution in [0.3, 0.4) is 0 Å². The minimum atomic E-state index is 0.228. The molecule has 0 aliphatic heterocycles. The summed E-state index contributed by atoms with van der Waals surface area (Å²) < 4.78 is 0. The molecule has 0 spiro atoms. The summed E-state index contributed by atoms with van der Waals surface area (Å²) in [6.07, 6.45) is 11.7. The normalized spacial score (nSPS) is 10.9. The van der Waals surface area contributed by atoms with Crippen molar-refractivity contribution in [2.24, 2.45) is 0 Å². The smallest absolute Gasteiger partial charge is 0.139 e. The van der Waals surface area contributed by atoms with E-state index in [0.717, 1.165) is 36.8 Å². The number of benzene rings is 2. The largest absolute Gasteiger partial charge is 0.506 e. The molecule has 0 bridgehead atoms. The SMILES string of the molecule is CCCCCCc1ccc(Nc2ccc(CCCCCC)cc2O)c(O)c1. The molecule has 0 aliphatic carbocycles. The fourth-order valence-electron chi connectivity index (χ4n) is 3.33. The molecule has 148 valence electrons. The maximum Gasteiger partial charge on any atom is 0.139 e. The van der Waals surface area contributed by atoms with Crippen molar-refractivity contribution in [2.75, 3.05) is 5.32 Å². The minimum Gasteiger partial charge on any atom is -0.506 e. The number of aromatic hydroxyl groups is 2. The highest BCUT2D eigenvalue weighted by molar-refractivity contribution is 5.70. The lowest BCUT2D eigenvalue weighted by molar-refractivity contribution is 0.474. The summed E-state index contributed by atoms with van der Waals surface area (Å²) in [6, 6.07) is 11.5. The van der Waals surface area contributed by atoms with Gasteiger partial charge in [-0.05, 0) is 61.1 Å². The third-order valence-corrected chi connectivity index (χ3v) is 5.03. The first-order valence-electron chi connectivity index (χ1n) is 10.5. The lowest BCUT2D eigenvalue weighted by Gasteiger charge is -2.12. The van der Waals surface area contributed by atoms with Gasteiger partial charge in [-0.1, -0.05) is 64.5 Å². The van der Waals surface area contributed by atoms with Gasteiger partial charge in [-0.2, -0.15) is 0 Å². The van der Waals surface area contributed by atoms with E-state index in [2.05, 4.69) is 19.2 Å². The molecule has 2 aromatic rings. The van der Waals surface area contributed by atoms with Gasteiger partial charge in [0.25, 0.3) is 0 Å². The Kier molecular flexibility index (Phi) is 9.03. The van der Waals surface area contributed by atoms with Crippen LogP contribution in [0, 0.1) is 0 Å². The number of nitrogens with one attached hydrogen (secondary N) is 1. The average molecular weight is 370 g/mol. The second kappa shape index (κ2) is 11.5. The lowest BCUT2D eigenvalue weighted by atomic mass is 10.0. The molecule has 0 amide bonds. The average Bonchev–Trinajstić information content (AvgIpc) is 2.66. The zero-order valence-corrected chi connectivity index (χ0v) is 16.9. The minimum absolute atomic E-state index is 0.228. The highest BCUT2D eigenvalue weighted by Crippen LogP contribution is 2.33. The zero-order chi connectivity index (χ0) is 19.5. The van der Waals surface area contributed by atoms with E-state index >= 15 is 0 Å². The first kappa shape index (κ1) is 21.1. The number of phenolic OH excluding ortho intramolecular Hbond substituents is 2. The number of hydrogen-bond acceptors (Lipinski definition) is 3. The number of rotatable bonds is 12. The number of hydrogen-bond donors (Lipinski definition) is 3. The summed E-state index contributed by atoms with van der Waals surface area (Å²) in [5.74, 6) is 0.456. The number of phenols is 2. The van der Waals surface area contributed by atoms with Crippen LogP contribution in [0.15, 0.2) is 36.4 Å². The fourth-order valence-corrected chi connectivity index (χ4v) is 3.33. The van der Waals surface area contributed by atoms with Gasteiger partial charge in [0.1, 0.15) is 11.5 Å². The van der Waals surface area contributed by atoms with Crippen molar-refractivity contribution in [1.29, 1.82) is 0 Å². The Morgan fingerprint density at radius 1 is 0.630 bits per heavy atom. The molecule has 2 rings (SSSR count). The van der Waals surface area contributed by atoms with Crippen LogP contribution in [0.4, 0.5) is 11.4 Å². The molecule has 0 atom stereocenters. The summed E-state index contributed by atoms with van der Waals surface area (Å²) in [5.41, 5.74) is 3.55. The summed E-state index contributed by atoms with van der Waals surface area (Å²) in [7, 11) is 0. The Morgan fingerprint density at radius 2 is 1.07 bits per heavy atom. The van der Waals surface area contributed by atoms with Gasteiger partial charge in [0.15, 0.2) is 0 Å². The lowest BCUT2D eigenvalue weighted by Crippen LogP contribution is -1.94. The van der Waals surface area contributed by atoms with Crippen LogP contribution < -0.4 is 5.32 Å². The monoisotopic (exact) mass is 369 g/mol. The van der Waals surface area contributed by atoms with Crippen molar-refractivity contribution in [2.45, 2.75) is 78.1 Å². The Morgan fingerprint density at radius 3 is 1.44 bits per heavy atom. The number of aryl methyl sites for hydroxylation is 2. The van der Waals surface area contributed by atoms with Crippen molar-refractivity contribution in [3.8, 4) is 11.5 Å². The van der Waals surface area contributed by atoms with Gasteiger partial charge < -0.3 is 15.5 Å². The predicted molar refractivity (Wildman–Crippen MR) is 115 cm³/mol. The van der Waals surface area contributed by atoms with Crippen molar-refractivity contribution in [3.05, 3.63) is 47.5 Å². The van der Waals surface area contributed by atoms with E-state index in [-0.39, 0.29) is 11.5 Å². The summed E-state index contributed by atoms with van der Waals surface area (Å²) >= 11 is 0. The molecule has 0 unspecified atom stereocenters. The van der Waals surface area contributed by atoms with Crippen molar-refractivity contribution >= 4 is 11.4 Å². The Hall–Kier alpha value is -2.16. The van der Waals surface area contributed by atoms with E-state index in [0.29, 0.717) is 11.4 Å². The summed E-state index contributed by atoms with van der Waals surface area (Å²) in [4.78, 5) is 0. The molecule has 27 heavy (non-hydrogen) atoms. The molecule has 2 aromatic carbocycles. The number of anilines is 2. The van der Waals surface area contributed by atoms with Crippen LogP contribution in [0.25, 0.3) is 0 Å². The van der Waals surface area contributed by atoms with E-state index < -0.39 is 0 Å². The summed E-state index contributed by atoms with van der Waals surface area (Å²) in [6.45, 7) is 4.42. The quantitative estimate of drug-likeness (QED) is 0.276. The molecular formula is C24H35NO2. The Labute approximate surface area is 164 Å². The van der Waals surface area contributed by atoms with E-state index in [4.69, 9.17) is 0 Å². The van der Waals surface area contributed by atoms with E-state index in [1.807, 2.05) is 36.4 Å². The van der Waals surface area contributed by atoms with Crippen LogP contribution in [-0.4, -0.2) is 10.2 Å². The van der Waals surface area contributed by atoms with Gasteiger partial charge in [0, 0.05) is 0 Å². The second-order valence-corrected chi connectivity index (χ2v) is 7.45. The van der Waals surface area contributed by atoms with Gasteiger partial charge in [-0.25, -0.2) is 0 Å². The zero-order valence-electron chi connectivity index (χ0n) is 16.9. The standard InChI is InChI=1S/C24H35NO2/c1-3-5-7-9-11-19-13-15-21(23(26)17-19)25-22-16-14-20(18-24(22)27)12-10-8-6-4-2/h13-18,25-27H,3-12H2,1-2H3. The predicted octanol–water partition coefficient (Wildman–Crippen LogP) is 7.09. The Balaban J connectivity index is 1.93. The third kappa shape index (κ3) is 7.16. The first-order valence-corrected chi connectivity index (χ1v) is 10.5. The molecule has 0 aromatic heterocycles. The maximum atomic E-state index is 10.3. The molecule has 3 nitrogen and oxygen atoms in total. The maximum absolute atomic E-state index is 10.3. The van der Waals surface area contributed by atoms with Crippen LogP contribution in [0.2, 0.25) is 0 Å². The van der Waals surface area contributed by atoms with Gasteiger partial charge in [0.05, 0.1) is 11.4 Å². The Bertz CT molecular complexity index is 637. The molecule has 0 heterocycles. The number of unbranched alkanes of at least 4 members (excludes halogenated alkanes) is 6. The van der Waals surface area contributed by atoms with Crippen molar-refractivity contribution in [1.82, 2.24) is 0 Å². The van der Waals surface area contributed by atoms with Crippen molar-refractivity contribution < 1.29 is 10.2 Å². The third-order valence-electron chi connectivity index (χ3n) is 5.03. The highest BCUT2D eigenvalue weighted by atomic mass is 16.3. The summed E-state index contributed by atoms with van der Waals surface area (Å²) in [5, 5.41) is 23.8. The van der Waals surface area contributed by atoms with Gasteiger partial charge >= 0.3 is 0 Å². The molecule has 3 N–H and O–H groups in total. The molecule has 0 aliphatic rings. The van der Waals surface area contributed by atoms with E-state index in [1.165, 1.54) is 38.5 Å². The van der Waals surface area contributed by atoms with Gasteiger partial charge in [-0.15, -0.1) is 0 Å². The van der Waals surface area contributed by atoms with E-state index in [1.54, 1.807) is 0 Å². The molecule has 0 fully saturated rings. The highest BCUT2D eigenvalue weighted by Gasteiger charge is 2.07. The van der Waals surface area contributed by atoms with Crippen molar-refractivity contribution in [3.63, 3.8) is 0 Å². The van der Waals surface area contributed by atoms with Gasteiger partial charge in [0.2, 0.25) is 0 Å². The molecule has 0 saturated heterocycles. The molecule has 0 saturated carbocycles. The topological polar surface area (TPSA) is 52.5 Å². The second-order valence-electron chi connectivity index (χ2n) is 7.45. The van der Waals surface area contributed by atoms with Crippen LogP contribution in [-0.2, 0) is 12.8 Å². The molecule has 3 heteroatoms. The first-order chi connectivity index (χ1) is 13.1. The van der Waals surface area contributed by atoms with Crippen LogP contribution in [0.1, 0.15) is 76.3 Å². The van der Waals surface area contributed by atoms with Crippen LogP contribution in [0.5, 0.6) is 11.5 Å². The fraction of sp³-hybridized carbons (Fsp3) is 0.500. The van der Waals surface area contributed by atoms with E-state index in [9.17, 15) is 10.2 Å². The molecular weight excluding hydrogens is 334 g/mol.